The molecule has 132 valence electrons. The predicted molar refractivity (Wildman–Crippen MR) is 97.5 cm³/mol. The Morgan fingerprint density at radius 1 is 1.08 bits per heavy atom. The van der Waals surface area contributed by atoms with Gasteiger partial charge in [-0.2, -0.15) is 0 Å². The van der Waals surface area contributed by atoms with Crippen LogP contribution in [-0.4, -0.2) is 29.1 Å². The lowest BCUT2D eigenvalue weighted by molar-refractivity contribution is -0.125. The second-order valence-electron chi connectivity index (χ2n) is 7.56. The van der Waals surface area contributed by atoms with Gasteiger partial charge in [0, 0.05) is 18.6 Å². The Balaban J connectivity index is 1.84. The maximum Gasteiger partial charge on any atom is 0.235 e. The van der Waals surface area contributed by atoms with Crippen molar-refractivity contribution in [2.45, 2.75) is 44.4 Å². The van der Waals surface area contributed by atoms with E-state index in [4.69, 9.17) is 4.74 Å². The van der Waals surface area contributed by atoms with Crippen molar-refractivity contribution in [3.05, 3.63) is 54.1 Å². The van der Waals surface area contributed by atoms with Gasteiger partial charge in [-0.3, -0.25) is 4.79 Å². The van der Waals surface area contributed by atoms with Gasteiger partial charge in [0.2, 0.25) is 5.91 Å². The van der Waals surface area contributed by atoms with Crippen molar-refractivity contribution in [2.24, 2.45) is 0 Å². The molecule has 1 saturated heterocycles. The average molecular weight is 339 g/mol. The minimum absolute atomic E-state index is 0.0193. The highest BCUT2D eigenvalue weighted by atomic mass is 16.5. The standard InChI is InChI=1S/C20H25N3O2/c1-19(2,3)17-21-13-16(14-22-17)23-18(24)20(9-11-25-12-10-20)15-7-5-4-6-8-15/h4-8,13-14H,9-12H2,1-3H3,(H,23,24). The van der Waals surface area contributed by atoms with Crippen molar-refractivity contribution >= 4 is 11.6 Å². The molecule has 1 aromatic heterocycles. The molecule has 3 rings (SSSR count). The molecular formula is C20H25N3O2. The van der Waals surface area contributed by atoms with Crippen LogP contribution in [0.3, 0.4) is 0 Å². The van der Waals surface area contributed by atoms with Crippen molar-refractivity contribution in [3.8, 4) is 0 Å². The van der Waals surface area contributed by atoms with E-state index in [0.29, 0.717) is 31.7 Å². The topological polar surface area (TPSA) is 64.1 Å². The number of nitrogens with zero attached hydrogens (tertiary/aromatic N) is 2. The number of nitrogens with one attached hydrogen (secondary N) is 1. The van der Waals surface area contributed by atoms with Gasteiger partial charge in [-0.05, 0) is 18.4 Å². The van der Waals surface area contributed by atoms with Crippen molar-refractivity contribution in [1.29, 1.82) is 0 Å². The summed E-state index contributed by atoms with van der Waals surface area (Å²) in [6.45, 7) is 7.36. The second kappa shape index (κ2) is 6.92. The van der Waals surface area contributed by atoms with E-state index < -0.39 is 5.41 Å². The molecule has 0 unspecified atom stereocenters. The fourth-order valence-corrected chi connectivity index (χ4v) is 3.15. The van der Waals surface area contributed by atoms with Gasteiger partial charge < -0.3 is 10.1 Å². The highest BCUT2D eigenvalue weighted by Gasteiger charge is 2.41. The lowest BCUT2D eigenvalue weighted by Gasteiger charge is -2.36. The largest absolute Gasteiger partial charge is 0.381 e. The minimum Gasteiger partial charge on any atom is -0.381 e. The van der Waals surface area contributed by atoms with Gasteiger partial charge in [0.05, 0.1) is 23.5 Å². The normalized spacial score (nSPS) is 17.1. The van der Waals surface area contributed by atoms with Gasteiger partial charge in [-0.1, -0.05) is 51.1 Å². The zero-order valence-electron chi connectivity index (χ0n) is 15.1. The molecule has 2 aromatic rings. The number of rotatable bonds is 3. The maximum atomic E-state index is 13.1. The number of anilines is 1. The number of hydrogen-bond donors (Lipinski definition) is 1. The van der Waals surface area contributed by atoms with E-state index in [9.17, 15) is 4.79 Å². The Morgan fingerprint density at radius 3 is 2.24 bits per heavy atom. The monoisotopic (exact) mass is 339 g/mol. The Morgan fingerprint density at radius 2 is 1.68 bits per heavy atom. The molecule has 1 amide bonds. The summed E-state index contributed by atoms with van der Waals surface area (Å²) >= 11 is 0. The smallest absolute Gasteiger partial charge is 0.235 e. The lowest BCUT2D eigenvalue weighted by Crippen LogP contribution is -2.44. The van der Waals surface area contributed by atoms with Crippen LogP contribution in [0, 0.1) is 0 Å². The molecule has 0 saturated carbocycles. The van der Waals surface area contributed by atoms with Crippen LogP contribution in [0.25, 0.3) is 0 Å². The van der Waals surface area contributed by atoms with Crippen molar-refractivity contribution in [3.63, 3.8) is 0 Å². The molecule has 1 aliphatic heterocycles. The summed E-state index contributed by atoms with van der Waals surface area (Å²) < 4.78 is 5.50. The number of carbonyl (C=O) groups excluding carboxylic acids is 1. The first kappa shape index (κ1) is 17.5. The van der Waals surface area contributed by atoms with Crippen molar-refractivity contribution in [2.75, 3.05) is 18.5 Å². The zero-order valence-corrected chi connectivity index (χ0v) is 15.1. The quantitative estimate of drug-likeness (QED) is 0.930. The number of carbonyl (C=O) groups is 1. The fourth-order valence-electron chi connectivity index (χ4n) is 3.15. The summed E-state index contributed by atoms with van der Waals surface area (Å²) in [5.74, 6) is 0.739. The number of benzene rings is 1. The van der Waals surface area contributed by atoms with E-state index >= 15 is 0 Å². The Labute approximate surface area is 148 Å². The Hall–Kier alpha value is -2.27. The van der Waals surface area contributed by atoms with E-state index in [1.807, 2.05) is 30.3 Å². The first-order valence-electron chi connectivity index (χ1n) is 8.69. The van der Waals surface area contributed by atoms with Crippen molar-refractivity contribution in [1.82, 2.24) is 9.97 Å². The first-order valence-corrected chi connectivity index (χ1v) is 8.69. The number of amides is 1. The molecule has 5 heteroatoms. The van der Waals surface area contributed by atoms with Crippen LogP contribution in [0.2, 0.25) is 0 Å². The lowest BCUT2D eigenvalue weighted by atomic mass is 9.73. The fraction of sp³-hybridized carbons (Fsp3) is 0.450. The van der Waals surface area contributed by atoms with Gasteiger partial charge in [0.1, 0.15) is 5.82 Å². The molecule has 0 aliphatic carbocycles. The molecule has 1 aromatic carbocycles. The second-order valence-corrected chi connectivity index (χ2v) is 7.56. The van der Waals surface area contributed by atoms with E-state index in [-0.39, 0.29) is 11.3 Å². The van der Waals surface area contributed by atoms with Gasteiger partial charge in [0.15, 0.2) is 0 Å². The summed E-state index contributed by atoms with van der Waals surface area (Å²) in [4.78, 5) is 21.9. The Kier molecular flexibility index (Phi) is 4.86. The van der Waals surface area contributed by atoms with Crippen LogP contribution in [0.4, 0.5) is 5.69 Å². The van der Waals surface area contributed by atoms with Crippen LogP contribution in [0.15, 0.2) is 42.7 Å². The molecule has 1 fully saturated rings. The summed E-state index contributed by atoms with van der Waals surface area (Å²) in [6.07, 6.45) is 4.71. The van der Waals surface area contributed by atoms with Gasteiger partial charge in [0.25, 0.3) is 0 Å². The van der Waals surface area contributed by atoms with E-state index in [1.54, 1.807) is 12.4 Å². The molecule has 0 radical (unpaired) electrons. The third-order valence-corrected chi connectivity index (χ3v) is 4.69. The van der Waals surface area contributed by atoms with Gasteiger partial charge in [-0.15, -0.1) is 0 Å². The van der Waals surface area contributed by atoms with Crippen LogP contribution >= 0.6 is 0 Å². The highest BCUT2D eigenvalue weighted by molar-refractivity contribution is 5.99. The molecule has 5 nitrogen and oxygen atoms in total. The predicted octanol–water partition coefficient (Wildman–Crippen LogP) is 3.46. The van der Waals surface area contributed by atoms with Gasteiger partial charge in [-0.25, -0.2) is 9.97 Å². The number of hydrogen-bond acceptors (Lipinski definition) is 4. The molecule has 0 spiro atoms. The molecule has 0 bridgehead atoms. The summed E-state index contributed by atoms with van der Waals surface area (Å²) in [6, 6.07) is 9.95. The van der Waals surface area contributed by atoms with Crippen LogP contribution in [-0.2, 0) is 20.4 Å². The Bertz CT molecular complexity index is 715. The number of aromatic nitrogens is 2. The molecule has 2 heterocycles. The first-order chi connectivity index (χ1) is 11.9. The third kappa shape index (κ3) is 3.71. The summed E-state index contributed by atoms with van der Waals surface area (Å²) in [5.41, 5.74) is 0.972. The van der Waals surface area contributed by atoms with E-state index in [0.717, 1.165) is 11.4 Å². The minimum atomic E-state index is -0.567. The van der Waals surface area contributed by atoms with E-state index in [1.165, 1.54) is 0 Å². The SMILES string of the molecule is CC(C)(C)c1ncc(NC(=O)C2(c3ccccc3)CCOCC2)cn1. The molecular weight excluding hydrogens is 314 g/mol. The number of ether oxygens (including phenoxy) is 1. The van der Waals surface area contributed by atoms with Crippen molar-refractivity contribution < 1.29 is 9.53 Å². The molecule has 0 atom stereocenters. The van der Waals surface area contributed by atoms with Crippen LogP contribution in [0.1, 0.15) is 45.0 Å². The van der Waals surface area contributed by atoms with Crippen LogP contribution < -0.4 is 5.32 Å². The summed E-state index contributed by atoms with van der Waals surface area (Å²) in [7, 11) is 0. The van der Waals surface area contributed by atoms with E-state index in [2.05, 4.69) is 36.1 Å². The summed E-state index contributed by atoms with van der Waals surface area (Å²) in [5, 5.41) is 3.01. The van der Waals surface area contributed by atoms with Crippen LogP contribution in [0.5, 0.6) is 0 Å². The molecule has 25 heavy (non-hydrogen) atoms. The highest BCUT2D eigenvalue weighted by Crippen LogP contribution is 2.36. The third-order valence-electron chi connectivity index (χ3n) is 4.69. The molecule has 1 N–H and O–H groups in total. The molecule has 1 aliphatic rings. The average Bonchev–Trinajstić information content (AvgIpc) is 2.62. The maximum absolute atomic E-state index is 13.1. The zero-order chi connectivity index (χ0) is 17.9. The van der Waals surface area contributed by atoms with Gasteiger partial charge >= 0.3 is 0 Å².